The molecule has 6 nitrogen and oxygen atoms in total. The first kappa shape index (κ1) is 21.5. The Morgan fingerprint density at radius 2 is 1.50 bits per heavy atom. The van der Waals surface area contributed by atoms with Crippen LogP contribution in [0, 0.1) is 0 Å². The van der Waals surface area contributed by atoms with Crippen LogP contribution >= 0.6 is 0 Å². The highest BCUT2D eigenvalue weighted by Crippen LogP contribution is 2.43. The zero-order chi connectivity index (χ0) is 22.7. The van der Waals surface area contributed by atoms with Crippen molar-refractivity contribution in [1.29, 1.82) is 0 Å². The summed E-state index contributed by atoms with van der Waals surface area (Å²) in [7, 11) is 0. The number of nitrogens with zero attached hydrogens (tertiary/aromatic N) is 2. The number of carbonyl (C=O) groups is 1. The van der Waals surface area contributed by atoms with E-state index in [1.807, 2.05) is 73.7 Å². The predicted molar refractivity (Wildman–Crippen MR) is 125 cm³/mol. The number of fused-ring (bicyclic) bond motifs is 1. The van der Waals surface area contributed by atoms with Gasteiger partial charge in [-0.2, -0.15) is 0 Å². The van der Waals surface area contributed by atoms with Gasteiger partial charge in [-0.05, 0) is 29.7 Å². The van der Waals surface area contributed by atoms with Crippen molar-refractivity contribution in [3.05, 3.63) is 112 Å². The van der Waals surface area contributed by atoms with E-state index < -0.39 is 17.4 Å². The Balaban J connectivity index is 2.05. The van der Waals surface area contributed by atoms with Crippen LogP contribution in [0.2, 0.25) is 0 Å². The van der Waals surface area contributed by atoms with Crippen LogP contribution in [0.5, 0.6) is 0 Å². The number of para-hydroxylation sites is 1. The SMILES string of the molecule is CCC(c1nc2ccccc2c(=O)n1NC(C)=O)C(O)(c1ccccc1)c1ccccc1. The van der Waals surface area contributed by atoms with Crippen molar-refractivity contribution < 1.29 is 9.90 Å². The summed E-state index contributed by atoms with van der Waals surface area (Å²) < 4.78 is 1.18. The Morgan fingerprint density at radius 3 is 2.03 bits per heavy atom. The fraction of sp³-hybridized carbons (Fsp3) is 0.192. The molecule has 1 atom stereocenters. The second kappa shape index (κ2) is 8.77. The monoisotopic (exact) mass is 427 g/mol. The minimum Gasteiger partial charge on any atom is -0.380 e. The molecule has 1 unspecified atom stereocenters. The van der Waals surface area contributed by atoms with Crippen molar-refractivity contribution in [2.45, 2.75) is 31.8 Å². The Hall–Kier alpha value is -3.77. The maximum atomic E-state index is 13.3. The summed E-state index contributed by atoms with van der Waals surface area (Å²) in [6.07, 6.45) is 0.463. The van der Waals surface area contributed by atoms with Gasteiger partial charge in [-0.15, -0.1) is 0 Å². The maximum absolute atomic E-state index is 13.3. The molecule has 32 heavy (non-hydrogen) atoms. The first-order chi connectivity index (χ1) is 15.5. The molecule has 1 amide bonds. The maximum Gasteiger partial charge on any atom is 0.280 e. The van der Waals surface area contributed by atoms with Crippen LogP contribution in [0.4, 0.5) is 0 Å². The van der Waals surface area contributed by atoms with Crippen LogP contribution in [0.25, 0.3) is 10.9 Å². The average molecular weight is 428 g/mol. The van der Waals surface area contributed by atoms with Gasteiger partial charge in [0.15, 0.2) is 0 Å². The summed E-state index contributed by atoms with van der Waals surface area (Å²) in [5, 5.41) is 12.7. The average Bonchev–Trinajstić information content (AvgIpc) is 2.82. The minimum absolute atomic E-state index is 0.293. The largest absolute Gasteiger partial charge is 0.380 e. The number of benzene rings is 3. The fourth-order valence-corrected chi connectivity index (χ4v) is 4.27. The molecule has 0 bridgehead atoms. The Bertz CT molecular complexity index is 1260. The van der Waals surface area contributed by atoms with Crippen LogP contribution in [0.15, 0.2) is 89.7 Å². The van der Waals surface area contributed by atoms with E-state index in [1.165, 1.54) is 11.6 Å². The molecule has 1 heterocycles. The Labute approximate surface area is 186 Å². The van der Waals surface area contributed by atoms with Crippen molar-refractivity contribution in [2.24, 2.45) is 0 Å². The molecule has 3 aromatic carbocycles. The van der Waals surface area contributed by atoms with E-state index in [9.17, 15) is 14.7 Å². The number of aromatic nitrogens is 2. The van der Waals surface area contributed by atoms with Crippen molar-refractivity contribution in [3.63, 3.8) is 0 Å². The van der Waals surface area contributed by atoms with E-state index in [0.29, 0.717) is 34.3 Å². The van der Waals surface area contributed by atoms with Crippen molar-refractivity contribution in [1.82, 2.24) is 9.66 Å². The highest BCUT2D eigenvalue weighted by atomic mass is 16.3. The van der Waals surface area contributed by atoms with E-state index in [-0.39, 0.29) is 5.56 Å². The van der Waals surface area contributed by atoms with Crippen LogP contribution < -0.4 is 11.0 Å². The van der Waals surface area contributed by atoms with E-state index in [2.05, 4.69) is 5.43 Å². The third-order valence-corrected chi connectivity index (χ3v) is 5.72. The molecule has 0 spiro atoms. The lowest BCUT2D eigenvalue weighted by Crippen LogP contribution is -2.42. The Kier molecular flexibility index (Phi) is 5.88. The molecular weight excluding hydrogens is 402 g/mol. The number of amides is 1. The molecule has 4 rings (SSSR count). The number of rotatable bonds is 6. The molecule has 162 valence electrons. The van der Waals surface area contributed by atoms with Crippen LogP contribution in [-0.4, -0.2) is 20.7 Å². The minimum atomic E-state index is -1.49. The summed E-state index contributed by atoms with van der Waals surface area (Å²) in [5.41, 5.74) is 2.60. The van der Waals surface area contributed by atoms with E-state index >= 15 is 0 Å². The quantitative estimate of drug-likeness (QED) is 0.489. The van der Waals surface area contributed by atoms with Crippen LogP contribution in [0.3, 0.4) is 0 Å². The molecule has 6 heteroatoms. The number of hydrogen-bond donors (Lipinski definition) is 2. The van der Waals surface area contributed by atoms with Gasteiger partial charge in [-0.3, -0.25) is 15.0 Å². The summed E-state index contributed by atoms with van der Waals surface area (Å²) >= 11 is 0. The number of carbonyl (C=O) groups excluding carboxylic acids is 1. The van der Waals surface area contributed by atoms with Gasteiger partial charge >= 0.3 is 0 Å². The van der Waals surface area contributed by atoms with Crippen LogP contribution in [0.1, 0.15) is 43.1 Å². The van der Waals surface area contributed by atoms with Gasteiger partial charge < -0.3 is 5.11 Å². The molecule has 1 aromatic heterocycles. The van der Waals surface area contributed by atoms with Gasteiger partial charge in [-0.25, -0.2) is 9.66 Å². The summed E-state index contributed by atoms with van der Waals surface area (Å²) in [6.45, 7) is 3.27. The summed E-state index contributed by atoms with van der Waals surface area (Å²) in [4.78, 5) is 30.1. The highest BCUT2D eigenvalue weighted by Gasteiger charge is 2.42. The van der Waals surface area contributed by atoms with Gasteiger partial charge in [-0.1, -0.05) is 79.7 Å². The molecule has 0 aliphatic carbocycles. The second-order valence-electron chi connectivity index (χ2n) is 7.75. The summed E-state index contributed by atoms with van der Waals surface area (Å²) in [6, 6.07) is 25.7. The smallest absolute Gasteiger partial charge is 0.280 e. The van der Waals surface area contributed by atoms with E-state index in [1.54, 1.807) is 18.2 Å². The summed E-state index contributed by atoms with van der Waals surface area (Å²) in [5.74, 6) is -0.735. The molecule has 0 fully saturated rings. The van der Waals surface area contributed by atoms with Gasteiger partial charge in [0, 0.05) is 6.92 Å². The standard InChI is InChI=1S/C26H25N3O3/c1-3-22(26(32,19-12-6-4-7-13-19)20-14-8-5-9-15-20)24-27-23-17-11-10-16-21(23)25(31)29(24)28-18(2)30/h4-17,22,32H,3H2,1-2H3,(H,28,30). The molecule has 0 aliphatic heterocycles. The molecule has 0 radical (unpaired) electrons. The second-order valence-corrected chi connectivity index (χ2v) is 7.75. The van der Waals surface area contributed by atoms with Crippen molar-refractivity contribution in [3.8, 4) is 0 Å². The molecule has 0 saturated carbocycles. The molecule has 2 N–H and O–H groups in total. The predicted octanol–water partition coefficient (Wildman–Crippen LogP) is 3.92. The van der Waals surface area contributed by atoms with Crippen molar-refractivity contribution >= 4 is 16.8 Å². The molecule has 0 saturated heterocycles. The Morgan fingerprint density at radius 1 is 0.969 bits per heavy atom. The molecular formula is C26H25N3O3. The number of aliphatic hydroxyl groups is 1. The normalized spacial score (nSPS) is 12.5. The molecule has 4 aromatic rings. The zero-order valence-corrected chi connectivity index (χ0v) is 18.0. The van der Waals surface area contributed by atoms with Gasteiger partial charge in [0.2, 0.25) is 5.91 Å². The van der Waals surface area contributed by atoms with Gasteiger partial charge in [0.25, 0.3) is 5.56 Å². The lowest BCUT2D eigenvalue weighted by Gasteiger charge is -2.37. The van der Waals surface area contributed by atoms with Crippen molar-refractivity contribution in [2.75, 3.05) is 5.43 Å². The van der Waals surface area contributed by atoms with Crippen LogP contribution in [-0.2, 0) is 10.4 Å². The van der Waals surface area contributed by atoms with Gasteiger partial charge in [0.1, 0.15) is 11.4 Å². The fourth-order valence-electron chi connectivity index (χ4n) is 4.27. The highest BCUT2D eigenvalue weighted by molar-refractivity contribution is 5.82. The topological polar surface area (TPSA) is 84.2 Å². The van der Waals surface area contributed by atoms with E-state index in [0.717, 1.165) is 0 Å². The third kappa shape index (κ3) is 3.69. The first-order valence-electron chi connectivity index (χ1n) is 10.6. The third-order valence-electron chi connectivity index (χ3n) is 5.72. The number of hydrogen-bond acceptors (Lipinski definition) is 4. The van der Waals surface area contributed by atoms with Gasteiger partial charge in [0.05, 0.1) is 16.8 Å². The van der Waals surface area contributed by atoms with E-state index in [4.69, 9.17) is 4.98 Å². The lowest BCUT2D eigenvalue weighted by molar-refractivity contribution is -0.115. The first-order valence-corrected chi connectivity index (χ1v) is 10.6. The molecule has 0 aliphatic rings. The lowest BCUT2D eigenvalue weighted by atomic mass is 9.74. The number of nitrogens with one attached hydrogen (secondary N) is 1. The zero-order valence-electron chi connectivity index (χ0n) is 18.0.